The van der Waals surface area contributed by atoms with Gasteiger partial charge in [-0.2, -0.15) is 5.26 Å². The Bertz CT molecular complexity index is 3040. The van der Waals surface area contributed by atoms with Crippen LogP contribution in [-0.2, 0) is 43.4 Å². The minimum absolute atomic E-state index is 0.0442. The van der Waals surface area contributed by atoms with Crippen LogP contribution in [0.25, 0.3) is 11.3 Å². The fourth-order valence-electron chi connectivity index (χ4n) is 9.43. The second-order valence-electron chi connectivity index (χ2n) is 19.5. The van der Waals surface area contributed by atoms with E-state index in [9.17, 15) is 19.6 Å². The van der Waals surface area contributed by atoms with Gasteiger partial charge in [0.25, 0.3) is 0 Å². The van der Waals surface area contributed by atoms with Gasteiger partial charge in [0.2, 0.25) is 17.7 Å². The van der Waals surface area contributed by atoms with E-state index in [1.807, 2.05) is 48.8 Å². The van der Waals surface area contributed by atoms with Gasteiger partial charge in [-0.3, -0.25) is 19.4 Å². The van der Waals surface area contributed by atoms with Gasteiger partial charge in [0.15, 0.2) is 5.78 Å². The van der Waals surface area contributed by atoms with E-state index in [-0.39, 0.29) is 30.9 Å². The average Bonchev–Trinajstić information content (AvgIpc) is 4.21. The van der Waals surface area contributed by atoms with Crippen molar-refractivity contribution in [3.8, 4) is 34.7 Å². The summed E-state index contributed by atoms with van der Waals surface area (Å²) in [5.41, 5.74) is 2.96. The third-order valence-electron chi connectivity index (χ3n) is 13.9. The Morgan fingerprint density at radius 1 is 0.808 bits per heavy atom. The van der Waals surface area contributed by atoms with Crippen LogP contribution in [0.1, 0.15) is 58.4 Å². The number of fused-ring (bicyclic) bond motifs is 1. The van der Waals surface area contributed by atoms with Crippen LogP contribution >= 0.6 is 0 Å². The highest BCUT2D eigenvalue weighted by molar-refractivity contribution is 6.13. The largest absolute Gasteiger partial charge is 0.491 e. The molecule has 6 aromatic rings. The molecule has 2 saturated heterocycles. The van der Waals surface area contributed by atoms with Gasteiger partial charge < -0.3 is 43.1 Å². The minimum Gasteiger partial charge on any atom is -0.491 e. The van der Waals surface area contributed by atoms with Crippen LogP contribution in [0.15, 0.2) is 91.6 Å². The summed E-state index contributed by atoms with van der Waals surface area (Å²) in [4.78, 5) is 71.8. The first-order valence-corrected chi connectivity index (χ1v) is 26.0. The molecule has 23 nitrogen and oxygen atoms in total. The highest BCUT2D eigenvalue weighted by Crippen LogP contribution is 2.40. The molecular weight excluding hydrogens is 1000 g/mol. The minimum atomic E-state index is -0.872. The fourth-order valence-corrected chi connectivity index (χ4v) is 9.43. The second kappa shape index (κ2) is 25.9. The number of piperazine rings is 2. The molecule has 0 saturated carbocycles. The number of Topliss-reactive ketones (excluding diaryl/α,β-unsaturated/α-hetero) is 1. The number of methoxy groups -OCH3 is 1. The van der Waals surface area contributed by atoms with E-state index in [1.54, 1.807) is 71.9 Å². The molecular formula is C55H64N14O9. The predicted molar refractivity (Wildman–Crippen MR) is 284 cm³/mol. The summed E-state index contributed by atoms with van der Waals surface area (Å²) in [5, 5.41) is 18.0. The topological polar surface area (TPSA) is 242 Å². The van der Waals surface area contributed by atoms with Crippen LogP contribution in [0, 0.1) is 11.3 Å². The number of anilines is 2. The zero-order valence-corrected chi connectivity index (χ0v) is 44.4. The number of pyridine rings is 3. The van der Waals surface area contributed by atoms with Gasteiger partial charge in [-0.25, -0.2) is 34.4 Å². The molecule has 0 aliphatic carbocycles. The molecule has 3 aliphatic heterocycles. The van der Waals surface area contributed by atoms with Crippen LogP contribution in [0.2, 0.25) is 0 Å². The van der Waals surface area contributed by atoms with E-state index in [1.165, 1.54) is 13.3 Å². The smallest absolute Gasteiger partial charge is 0.339 e. The summed E-state index contributed by atoms with van der Waals surface area (Å²) < 4.78 is 35.4. The number of amides is 1. The molecule has 78 heavy (non-hydrogen) atoms. The van der Waals surface area contributed by atoms with E-state index in [0.29, 0.717) is 134 Å². The van der Waals surface area contributed by atoms with Crippen LogP contribution < -0.4 is 19.3 Å². The normalized spacial score (nSPS) is 16.5. The van der Waals surface area contributed by atoms with Crippen molar-refractivity contribution >= 4 is 29.4 Å². The number of carbonyl (C=O) groups excluding carboxylic acids is 3. The van der Waals surface area contributed by atoms with E-state index in [2.05, 4.69) is 51.0 Å². The first kappa shape index (κ1) is 54.8. The van der Waals surface area contributed by atoms with Crippen molar-refractivity contribution in [2.45, 2.75) is 52.0 Å². The summed E-state index contributed by atoms with van der Waals surface area (Å²) in [6.07, 6.45) is 8.17. The quantitative estimate of drug-likeness (QED) is 0.0605. The van der Waals surface area contributed by atoms with E-state index < -0.39 is 11.5 Å². The maximum atomic E-state index is 13.5. The molecule has 0 N–H and O–H groups in total. The number of ketones is 1. The van der Waals surface area contributed by atoms with Gasteiger partial charge in [0.05, 0.1) is 75.3 Å². The first-order chi connectivity index (χ1) is 37.9. The van der Waals surface area contributed by atoms with E-state index in [0.717, 1.165) is 39.3 Å². The third-order valence-corrected chi connectivity index (χ3v) is 13.9. The van der Waals surface area contributed by atoms with Crippen molar-refractivity contribution in [3.05, 3.63) is 120 Å². The number of nitrogens with zero attached hydrogens (tertiary/aromatic N) is 14. The molecule has 3 aliphatic rings. The lowest BCUT2D eigenvalue weighted by atomic mass is 9.97. The number of hydrogen-bond donors (Lipinski definition) is 0. The third kappa shape index (κ3) is 13.7. The van der Waals surface area contributed by atoms with Gasteiger partial charge in [-0.05, 0) is 57.2 Å². The monoisotopic (exact) mass is 1060 g/mol. The molecule has 0 radical (unpaired) electrons. The Balaban J connectivity index is 0.610. The van der Waals surface area contributed by atoms with Crippen molar-refractivity contribution in [3.63, 3.8) is 0 Å². The Kier molecular flexibility index (Phi) is 18.2. The number of nitriles is 1. The number of esters is 1. The van der Waals surface area contributed by atoms with Gasteiger partial charge in [0.1, 0.15) is 47.9 Å². The van der Waals surface area contributed by atoms with E-state index in [4.69, 9.17) is 33.4 Å². The summed E-state index contributed by atoms with van der Waals surface area (Å²) >= 11 is 0. The second-order valence-corrected chi connectivity index (χ2v) is 19.5. The van der Waals surface area contributed by atoms with Crippen LogP contribution in [0.4, 0.5) is 11.8 Å². The van der Waals surface area contributed by atoms with Crippen LogP contribution in [0.5, 0.6) is 17.4 Å². The predicted octanol–water partition coefficient (Wildman–Crippen LogP) is 4.34. The summed E-state index contributed by atoms with van der Waals surface area (Å²) in [6, 6.07) is 19.7. The standard InChI is InChI=1S/C55H64N14O9/c1-39-34-66(54-59-32-42(33-60-54)47-12-11-46-51(71)55(2,3)69(52(46)61-47)35-41-7-6-14-57-48(41)30-56)19-20-68(39)50(70)37-67-36-43(62-63-67)38-76-26-25-74-23-21-64-15-17-65(18-16-64)22-24-75-27-28-77-44-8-5-9-45(29-44)78-49-13-10-40(31-58-49)53(72)73-4/h5-14,29,31-33,36,39H,15-28,34-35,37-38H2,1-4H3/t39-/m1/s1. The van der Waals surface area contributed by atoms with Crippen molar-refractivity contribution < 1.29 is 42.8 Å². The average molecular weight is 1070 g/mol. The number of benzene rings is 1. The van der Waals surface area contributed by atoms with Gasteiger partial charge in [0, 0.05) is 120 Å². The van der Waals surface area contributed by atoms with Gasteiger partial charge in [-0.15, -0.1) is 5.10 Å². The van der Waals surface area contributed by atoms with Gasteiger partial charge >= 0.3 is 5.97 Å². The SMILES string of the molecule is COC(=O)c1ccc(Oc2cccc(OCCOCCN3CCN(CCOCCOCc4cn(CC(=O)N5CCN(c6ncc(-c7ccc8c(n7)N(Cc7cccnc7C#N)C(C)(C)C8=O)cn6)C[C@H]5C)nn4)CC3)c2)nc1. The lowest BCUT2D eigenvalue weighted by Crippen LogP contribution is -2.55. The summed E-state index contributed by atoms with van der Waals surface area (Å²) in [7, 11) is 1.32. The van der Waals surface area contributed by atoms with Crippen LogP contribution in [-0.4, -0.2) is 190 Å². The molecule has 0 bridgehead atoms. The lowest BCUT2D eigenvalue weighted by Gasteiger charge is -2.39. The number of rotatable bonds is 24. The lowest BCUT2D eigenvalue weighted by molar-refractivity contribution is -0.134. The molecule has 9 rings (SSSR count). The number of hydrogen-bond acceptors (Lipinski definition) is 21. The Morgan fingerprint density at radius 3 is 2.27 bits per heavy atom. The van der Waals surface area contributed by atoms with E-state index >= 15 is 0 Å². The number of carbonyl (C=O) groups is 3. The Morgan fingerprint density at radius 2 is 1.55 bits per heavy atom. The zero-order valence-electron chi connectivity index (χ0n) is 44.4. The summed E-state index contributed by atoms with van der Waals surface area (Å²) in [5.74, 6) is 2.10. The fraction of sp³-hybridized carbons (Fsp3) is 0.436. The number of ether oxygens (including phenoxy) is 6. The molecule has 23 heteroatoms. The molecule has 2 fully saturated rings. The molecule has 1 aromatic carbocycles. The van der Waals surface area contributed by atoms with Crippen molar-refractivity contribution in [1.29, 1.82) is 5.26 Å². The Labute approximate surface area is 452 Å². The van der Waals surface area contributed by atoms with Crippen molar-refractivity contribution in [2.24, 2.45) is 0 Å². The maximum Gasteiger partial charge on any atom is 0.339 e. The molecule has 1 atom stereocenters. The number of aromatic nitrogens is 8. The summed E-state index contributed by atoms with van der Waals surface area (Å²) in [6.45, 7) is 16.5. The molecule has 0 unspecified atom stereocenters. The first-order valence-electron chi connectivity index (χ1n) is 26.0. The zero-order chi connectivity index (χ0) is 54.4. The maximum absolute atomic E-state index is 13.5. The van der Waals surface area contributed by atoms with Gasteiger partial charge in [-0.1, -0.05) is 17.3 Å². The molecule has 5 aromatic heterocycles. The highest BCUT2D eigenvalue weighted by Gasteiger charge is 2.45. The highest BCUT2D eigenvalue weighted by atomic mass is 16.5. The van der Waals surface area contributed by atoms with Crippen LogP contribution in [0.3, 0.4) is 0 Å². The Hall–Kier alpha value is -8.01. The molecule has 0 spiro atoms. The molecule has 408 valence electrons. The van der Waals surface area contributed by atoms with Crippen molar-refractivity contribution in [2.75, 3.05) is 115 Å². The molecule has 1 amide bonds. The van der Waals surface area contributed by atoms with Crippen molar-refractivity contribution in [1.82, 2.24) is 54.6 Å². The molecule has 8 heterocycles.